The van der Waals surface area contributed by atoms with E-state index in [2.05, 4.69) is 29.5 Å². The molecule has 1 aliphatic rings. The van der Waals surface area contributed by atoms with Crippen LogP contribution in [0.4, 0.5) is 5.69 Å². The van der Waals surface area contributed by atoms with E-state index in [1.807, 2.05) is 19.1 Å². The van der Waals surface area contributed by atoms with Crippen LogP contribution in [0.3, 0.4) is 0 Å². The smallest absolute Gasteiger partial charge is 0.269 e. The Morgan fingerprint density at radius 1 is 1.38 bits per heavy atom. The molecule has 116 valence electrons. The molecule has 1 heterocycles. The van der Waals surface area contributed by atoms with Crippen LogP contribution in [-0.4, -0.2) is 23.5 Å². The van der Waals surface area contributed by atoms with E-state index in [0.29, 0.717) is 30.1 Å². The quantitative estimate of drug-likeness (QED) is 0.873. The summed E-state index contributed by atoms with van der Waals surface area (Å²) in [6.07, 6.45) is 6.84. The van der Waals surface area contributed by atoms with Gasteiger partial charge in [-0.15, -0.1) is 0 Å². The van der Waals surface area contributed by atoms with E-state index >= 15 is 0 Å². The van der Waals surface area contributed by atoms with E-state index in [1.54, 1.807) is 6.20 Å². The molecule has 1 saturated carbocycles. The second kappa shape index (κ2) is 7.43. The predicted molar refractivity (Wildman–Crippen MR) is 86.5 cm³/mol. The third-order valence-corrected chi connectivity index (χ3v) is 4.36. The van der Waals surface area contributed by atoms with Crippen molar-refractivity contribution in [2.45, 2.75) is 52.5 Å². The van der Waals surface area contributed by atoms with Crippen LogP contribution >= 0.6 is 0 Å². The van der Waals surface area contributed by atoms with Gasteiger partial charge in [-0.1, -0.05) is 26.7 Å². The highest BCUT2D eigenvalue weighted by atomic mass is 16.1. The molecule has 2 atom stereocenters. The highest BCUT2D eigenvalue weighted by Gasteiger charge is 2.27. The number of hydrogen-bond donors (Lipinski definition) is 2. The number of pyridine rings is 1. The first-order valence-corrected chi connectivity index (χ1v) is 8.12. The zero-order valence-electron chi connectivity index (χ0n) is 13.4. The molecule has 2 unspecified atom stereocenters. The Hall–Kier alpha value is -1.58. The maximum absolute atomic E-state index is 11.9. The van der Waals surface area contributed by atoms with Gasteiger partial charge in [0.15, 0.2) is 0 Å². The number of nitrogens with zero attached hydrogens (tertiary/aromatic N) is 1. The third-order valence-electron chi connectivity index (χ3n) is 4.36. The van der Waals surface area contributed by atoms with E-state index in [-0.39, 0.29) is 5.91 Å². The standard InChI is InChI=1S/C17H27N3O/c1-4-18-17(21)16-11-13(9-10-19-16)20-15-8-6-5-7-14(15)12(2)3/h9-12,14-15H,4-8H2,1-3H3,(H,18,21)(H,19,20). The number of nitrogens with one attached hydrogen (secondary N) is 2. The zero-order valence-corrected chi connectivity index (χ0v) is 13.4. The summed E-state index contributed by atoms with van der Waals surface area (Å²) in [7, 11) is 0. The third kappa shape index (κ3) is 4.19. The summed E-state index contributed by atoms with van der Waals surface area (Å²) >= 11 is 0. The topological polar surface area (TPSA) is 54.0 Å². The van der Waals surface area contributed by atoms with Crippen molar-refractivity contribution >= 4 is 11.6 Å². The van der Waals surface area contributed by atoms with Crippen molar-refractivity contribution in [2.75, 3.05) is 11.9 Å². The molecule has 4 heteroatoms. The number of carbonyl (C=O) groups excluding carboxylic acids is 1. The Balaban J connectivity index is 2.07. The summed E-state index contributed by atoms with van der Waals surface area (Å²) in [6.45, 7) is 7.14. The Morgan fingerprint density at radius 3 is 2.86 bits per heavy atom. The highest BCUT2D eigenvalue weighted by molar-refractivity contribution is 5.93. The van der Waals surface area contributed by atoms with Crippen LogP contribution in [-0.2, 0) is 0 Å². The number of amides is 1. The van der Waals surface area contributed by atoms with Gasteiger partial charge in [-0.05, 0) is 43.7 Å². The molecule has 0 spiro atoms. The summed E-state index contributed by atoms with van der Waals surface area (Å²) < 4.78 is 0. The lowest BCUT2D eigenvalue weighted by atomic mass is 9.78. The van der Waals surface area contributed by atoms with Crippen molar-refractivity contribution in [3.8, 4) is 0 Å². The van der Waals surface area contributed by atoms with Gasteiger partial charge in [0, 0.05) is 24.5 Å². The summed E-state index contributed by atoms with van der Waals surface area (Å²) in [5.41, 5.74) is 1.49. The fraction of sp³-hybridized carbons (Fsp3) is 0.647. The Labute approximate surface area is 127 Å². The minimum absolute atomic E-state index is 0.106. The van der Waals surface area contributed by atoms with Crippen molar-refractivity contribution in [3.63, 3.8) is 0 Å². The van der Waals surface area contributed by atoms with Crippen molar-refractivity contribution in [2.24, 2.45) is 11.8 Å². The predicted octanol–water partition coefficient (Wildman–Crippen LogP) is 3.46. The molecule has 0 aromatic carbocycles. The molecule has 0 aliphatic heterocycles. The second-order valence-corrected chi connectivity index (χ2v) is 6.23. The number of carbonyl (C=O) groups is 1. The lowest BCUT2D eigenvalue weighted by molar-refractivity contribution is 0.0951. The molecular weight excluding hydrogens is 262 g/mol. The Bertz CT molecular complexity index is 473. The van der Waals surface area contributed by atoms with E-state index in [9.17, 15) is 4.79 Å². The first-order chi connectivity index (χ1) is 10.1. The number of aromatic nitrogens is 1. The van der Waals surface area contributed by atoms with Gasteiger partial charge in [0.1, 0.15) is 5.69 Å². The number of anilines is 1. The van der Waals surface area contributed by atoms with Gasteiger partial charge in [0.05, 0.1) is 0 Å². The van der Waals surface area contributed by atoms with Crippen LogP contribution < -0.4 is 10.6 Å². The van der Waals surface area contributed by atoms with E-state index in [0.717, 1.165) is 5.69 Å². The zero-order chi connectivity index (χ0) is 15.2. The molecular formula is C17H27N3O. The van der Waals surface area contributed by atoms with Gasteiger partial charge in [0.25, 0.3) is 5.91 Å². The van der Waals surface area contributed by atoms with Gasteiger partial charge in [-0.2, -0.15) is 0 Å². The van der Waals surface area contributed by atoms with E-state index in [4.69, 9.17) is 0 Å². The summed E-state index contributed by atoms with van der Waals surface area (Å²) in [6, 6.07) is 4.31. The van der Waals surface area contributed by atoms with Crippen molar-refractivity contribution in [1.29, 1.82) is 0 Å². The molecule has 1 fully saturated rings. The minimum Gasteiger partial charge on any atom is -0.382 e. The average Bonchev–Trinajstić information content (AvgIpc) is 2.48. The van der Waals surface area contributed by atoms with Gasteiger partial charge >= 0.3 is 0 Å². The van der Waals surface area contributed by atoms with Crippen molar-refractivity contribution in [3.05, 3.63) is 24.0 Å². The average molecular weight is 289 g/mol. The van der Waals surface area contributed by atoms with Gasteiger partial charge in [-0.3, -0.25) is 9.78 Å². The normalized spacial score (nSPS) is 22.1. The molecule has 0 radical (unpaired) electrons. The van der Waals surface area contributed by atoms with Gasteiger partial charge in [0.2, 0.25) is 0 Å². The summed E-state index contributed by atoms with van der Waals surface area (Å²) in [5, 5.41) is 6.42. The number of hydrogen-bond acceptors (Lipinski definition) is 3. The van der Waals surface area contributed by atoms with Crippen LogP contribution in [0.1, 0.15) is 56.9 Å². The lowest BCUT2D eigenvalue weighted by Gasteiger charge is -2.35. The van der Waals surface area contributed by atoms with Gasteiger partial charge < -0.3 is 10.6 Å². The molecule has 1 aromatic heterocycles. The Morgan fingerprint density at radius 2 is 2.14 bits per heavy atom. The Kier molecular flexibility index (Phi) is 5.59. The molecule has 1 aromatic rings. The fourth-order valence-electron chi connectivity index (χ4n) is 3.25. The van der Waals surface area contributed by atoms with Crippen molar-refractivity contribution < 1.29 is 4.79 Å². The SMILES string of the molecule is CCNC(=O)c1cc(NC2CCCCC2C(C)C)ccn1. The monoisotopic (exact) mass is 289 g/mol. The molecule has 2 N–H and O–H groups in total. The molecule has 2 rings (SSSR count). The molecule has 1 aliphatic carbocycles. The maximum atomic E-state index is 11.9. The second-order valence-electron chi connectivity index (χ2n) is 6.23. The van der Waals surface area contributed by atoms with E-state index < -0.39 is 0 Å². The minimum atomic E-state index is -0.106. The van der Waals surface area contributed by atoms with Gasteiger partial charge in [-0.25, -0.2) is 0 Å². The van der Waals surface area contributed by atoms with Crippen LogP contribution in [0.2, 0.25) is 0 Å². The van der Waals surface area contributed by atoms with Crippen LogP contribution in [0.5, 0.6) is 0 Å². The van der Waals surface area contributed by atoms with E-state index in [1.165, 1.54) is 25.7 Å². The molecule has 1 amide bonds. The first-order valence-electron chi connectivity index (χ1n) is 8.12. The lowest BCUT2D eigenvalue weighted by Crippen LogP contribution is -2.35. The maximum Gasteiger partial charge on any atom is 0.269 e. The fourth-order valence-corrected chi connectivity index (χ4v) is 3.25. The molecule has 4 nitrogen and oxygen atoms in total. The van der Waals surface area contributed by atoms with Crippen LogP contribution in [0, 0.1) is 11.8 Å². The molecule has 0 bridgehead atoms. The van der Waals surface area contributed by atoms with Crippen LogP contribution in [0.15, 0.2) is 18.3 Å². The largest absolute Gasteiger partial charge is 0.382 e. The van der Waals surface area contributed by atoms with Crippen molar-refractivity contribution in [1.82, 2.24) is 10.3 Å². The van der Waals surface area contributed by atoms with Crippen LogP contribution in [0.25, 0.3) is 0 Å². The summed E-state index contributed by atoms with van der Waals surface area (Å²) in [5.74, 6) is 1.29. The first kappa shape index (κ1) is 15.8. The number of rotatable bonds is 5. The molecule has 0 saturated heterocycles. The summed E-state index contributed by atoms with van der Waals surface area (Å²) in [4.78, 5) is 16.0. The molecule has 21 heavy (non-hydrogen) atoms. The highest BCUT2D eigenvalue weighted by Crippen LogP contribution is 2.32.